The van der Waals surface area contributed by atoms with Gasteiger partial charge in [-0.05, 0) is 42.2 Å². The predicted molar refractivity (Wildman–Crippen MR) is 91.2 cm³/mol. The molecule has 150 valence electrons. The van der Waals surface area contributed by atoms with Crippen molar-refractivity contribution in [1.29, 1.82) is 0 Å². The molecule has 27 heavy (non-hydrogen) atoms. The Labute approximate surface area is 154 Å². The van der Waals surface area contributed by atoms with Crippen LogP contribution in [0, 0.1) is 0 Å². The Kier molecular flexibility index (Phi) is 7.75. The lowest BCUT2D eigenvalue weighted by atomic mass is 10.1. The molecule has 1 aromatic heterocycles. The lowest BCUT2D eigenvalue weighted by Gasteiger charge is -2.09. The third-order valence-corrected chi connectivity index (χ3v) is 3.82. The van der Waals surface area contributed by atoms with Gasteiger partial charge in [0.1, 0.15) is 5.75 Å². The van der Waals surface area contributed by atoms with Crippen molar-refractivity contribution in [2.45, 2.75) is 18.3 Å². The van der Waals surface area contributed by atoms with Crippen LogP contribution in [0.2, 0.25) is 0 Å². The number of aromatic nitrogens is 1. The van der Waals surface area contributed by atoms with Crippen molar-refractivity contribution in [3.05, 3.63) is 59.9 Å². The van der Waals surface area contributed by atoms with Crippen LogP contribution in [-0.4, -0.2) is 38.1 Å². The molecule has 0 aliphatic carbocycles. The second-order valence-corrected chi connectivity index (χ2v) is 8.23. The van der Waals surface area contributed by atoms with Crippen LogP contribution in [-0.2, 0) is 33.1 Å². The van der Waals surface area contributed by atoms with Gasteiger partial charge in [0.15, 0.2) is 0 Å². The Bertz CT molecular complexity index is 920. The third-order valence-electron chi connectivity index (χ3n) is 2.84. The Balaban J connectivity index is 0.000000646. The Hall–Kier alpha value is -2.18. The van der Waals surface area contributed by atoms with Crippen LogP contribution in [0.3, 0.4) is 0 Å². The molecule has 0 bridgehead atoms. The van der Waals surface area contributed by atoms with E-state index in [4.69, 9.17) is 4.55 Å². The van der Waals surface area contributed by atoms with Gasteiger partial charge in [-0.25, -0.2) is 0 Å². The molecular weight excluding hydrogens is 411 g/mol. The quantitative estimate of drug-likeness (QED) is 0.444. The highest BCUT2D eigenvalue weighted by Crippen LogP contribution is 2.27. The first kappa shape index (κ1) is 22.9. The molecule has 0 atom stereocenters. The molecule has 2 rings (SSSR count). The average Bonchev–Trinajstić information content (AvgIpc) is 2.52. The van der Waals surface area contributed by atoms with Gasteiger partial charge in [-0.3, -0.25) is 9.54 Å². The maximum Gasteiger partial charge on any atom is 0.534 e. The molecule has 0 saturated carbocycles. The van der Waals surface area contributed by atoms with Gasteiger partial charge < -0.3 is 4.18 Å². The summed E-state index contributed by atoms with van der Waals surface area (Å²) in [5, 5.41) is 0. The molecule has 0 unspecified atom stereocenters. The van der Waals surface area contributed by atoms with Gasteiger partial charge in [0.05, 0.1) is 6.26 Å². The van der Waals surface area contributed by atoms with Crippen molar-refractivity contribution < 1.29 is 38.7 Å². The molecule has 0 amide bonds. The van der Waals surface area contributed by atoms with Gasteiger partial charge >= 0.3 is 15.6 Å². The summed E-state index contributed by atoms with van der Waals surface area (Å²) in [6.45, 7) is 0. The van der Waals surface area contributed by atoms with E-state index in [1.165, 1.54) is 24.3 Å². The van der Waals surface area contributed by atoms with Gasteiger partial charge in [-0.1, -0.05) is 18.2 Å². The molecule has 7 nitrogen and oxygen atoms in total. The minimum Gasteiger partial charge on any atom is -0.376 e. The number of pyridine rings is 1. The first-order valence-corrected chi connectivity index (χ1v) is 10.4. The molecule has 0 radical (unpaired) electrons. The highest BCUT2D eigenvalue weighted by molar-refractivity contribution is 7.88. The van der Waals surface area contributed by atoms with E-state index in [0.717, 1.165) is 17.5 Å². The van der Waals surface area contributed by atoms with Crippen LogP contribution in [0.5, 0.6) is 5.75 Å². The Morgan fingerprint density at radius 2 is 1.52 bits per heavy atom. The Morgan fingerprint density at radius 3 is 1.96 bits per heavy atom. The normalized spacial score (nSPS) is 12.0. The smallest absolute Gasteiger partial charge is 0.376 e. The fraction of sp³-hybridized carbons (Fsp3) is 0.267. The van der Waals surface area contributed by atoms with Crippen molar-refractivity contribution in [3.63, 3.8) is 0 Å². The first-order valence-electron chi connectivity index (χ1n) is 7.19. The molecular formula is C15H16F3NO6S2. The van der Waals surface area contributed by atoms with Crippen LogP contribution in [0.1, 0.15) is 11.1 Å². The Morgan fingerprint density at radius 1 is 1.00 bits per heavy atom. The van der Waals surface area contributed by atoms with Gasteiger partial charge in [0, 0.05) is 12.4 Å². The maximum absolute atomic E-state index is 12.2. The topological polar surface area (TPSA) is 111 Å². The van der Waals surface area contributed by atoms with Crippen molar-refractivity contribution in [1.82, 2.24) is 4.98 Å². The lowest BCUT2D eigenvalue weighted by molar-refractivity contribution is -0.0500. The SMILES string of the molecule is CS(=O)(=O)O.O=S(=O)(Oc1ccc(CCc2cccnc2)cc1)C(F)(F)F. The molecule has 1 aromatic carbocycles. The second-order valence-electron chi connectivity index (χ2n) is 5.22. The van der Waals surface area contributed by atoms with E-state index >= 15 is 0 Å². The van der Waals surface area contributed by atoms with E-state index in [1.807, 2.05) is 12.1 Å². The van der Waals surface area contributed by atoms with Gasteiger partial charge in [0.2, 0.25) is 0 Å². The number of benzene rings is 1. The van der Waals surface area contributed by atoms with E-state index in [0.29, 0.717) is 12.7 Å². The molecule has 0 saturated heterocycles. The zero-order valence-corrected chi connectivity index (χ0v) is 15.6. The minimum absolute atomic E-state index is 0.373. The highest BCUT2D eigenvalue weighted by Gasteiger charge is 2.48. The molecule has 0 aliphatic heterocycles. The van der Waals surface area contributed by atoms with Crippen molar-refractivity contribution in [3.8, 4) is 5.75 Å². The number of halogens is 3. The van der Waals surface area contributed by atoms with Crippen LogP contribution in [0.15, 0.2) is 48.8 Å². The fourth-order valence-corrected chi connectivity index (χ4v) is 2.18. The van der Waals surface area contributed by atoms with Gasteiger partial charge in [0.25, 0.3) is 10.1 Å². The summed E-state index contributed by atoms with van der Waals surface area (Å²) in [6.07, 6.45) is 5.48. The monoisotopic (exact) mass is 427 g/mol. The number of nitrogens with zero attached hydrogens (tertiary/aromatic N) is 1. The molecule has 1 N–H and O–H groups in total. The molecule has 0 fully saturated rings. The van der Waals surface area contributed by atoms with Crippen molar-refractivity contribution >= 4 is 20.2 Å². The van der Waals surface area contributed by atoms with Crippen molar-refractivity contribution in [2.24, 2.45) is 0 Å². The van der Waals surface area contributed by atoms with E-state index in [1.54, 1.807) is 12.4 Å². The van der Waals surface area contributed by atoms with Crippen LogP contribution < -0.4 is 4.18 Å². The number of hydrogen-bond acceptors (Lipinski definition) is 6. The van der Waals surface area contributed by atoms with Crippen LogP contribution >= 0.6 is 0 Å². The average molecular weight is 427 g/mol. The second kappa shape index (κ2) is 9.15. The summed E-state index contributed by atoms with van der Waals surface area (Å²) in [5.74, 6) is -0.373. The maximum atomic E-state index is 12.2. The van der Waals surface area contributed by atoms with E-state index < -0.39 is 25.7 Å². The summed E-state index contributed by atoms with van der Waals surface area (Å²) < 4.78 is 88.2. The number of aryl methyl sites for hydroxylation is 2. The lowest BCUT2D eigenvalue weighted by Crippen LogP contribution is -2.28. The van der Waals surface area contributed by atoms with E-state index in [-0.39, 0.29) is 5.75 Å². The largest absolute Gasteiger partial charge is 0.534 e. The summed E-state index contributed by atoms with van der Waals surface area (Å²) in [4.78, 5) is 3.98. The third kappa shape index (κ3) is 9.35. The van der Waals surface area contributed by atoms with Gasteiger partial charge in [-0.15, -0.1) is 0 Å². The van der Waals surface area contributed by atoms with E-state index in [2.05, 4.69) is 9.17 Å². The first-order chi connectivity index (χ1) is 12.3. The zero-order chi connectivity index (χ0) is 20.7. The minimum atomic E-state index is -5.63. The summed E-state index contributed by atoms with van der Waals surface area (Å²) >= 11 is 0. The van der Waals surface area contributed by atoms with E-state index in [9.17, 15) is 30.0 Å². The summed E-state index contributed by atoms with van der Waals surface area (Å²) in [5.41, 5.74) is -3.56. The number of hydrogen-bond donors (Lipinski definition) is 1. The summed E-state index contributed by atoms with van der Waals surface area (Å²) in [7, 11) is -9.29. The zero-order valence-electron chi connectivity index (χ0n) is 13.9. The molecule has 0 aliphatic rings. The number of rotatable bonds is 5. The summed E-state index contributed by atoms with van der Waals surface area (Å²) in [6, 6.07) is 9.17. The fourth-order valence-electron chi connectivity index (χ4n) is 1.72. The van der Waals surface area contributed by atoms with Crippen LogP contribution in [0.25, 0.3) is 0 Å². The number of alkyl halides is 3. The molecule has 1 heterocycles. The highest BCUT2D eigenvalue weighted by atomic mass is 32.2. The molecule has 12 heteroatoms. The molecule has 2 aromatic rings. The standard InChI is InChI=1S/C14H12F3NO3S.CH4O3S/c15-14(16,17)22(19,20)21-13-7-5-11(6-8-13)3-4-12-2-1-9-18-10-12;1-5(2,3)4/h1-2,5-10H,3-4H2;1H3,(H,2,3,4). The molecule has 0 spiro atoms. The van der Waals surface area contributed by atoms with Crippen molar-refractivity contribution in [2.75, 3.05) is 6.26 Å². The van der Waals surface area contributed by atoms with Crippen LogP contribution in [0.4, 0.5) is 13.2 Å². The van der Waals surface area contributed by atoms with Gasteiger partial charge in [-0.2, -0.15) is 30.0 Å². The predicted octanol–water partition coefficient (Wildman–Crippen LogP) is 2.60.